The first kappa shape index (κ1) is 29.1. The average Bonchev–Trinajstić information content (AvgIpc) is 2.98. The Hall–Kier alpha value is -3.37. The minimum absolute atomic E-state index is 0.124. The first-order valence-electron chi connectivity index (χ1n) is 13.3. The number of nitrogens with zero attached hydrogens (tertiary/aromatic N) is 2. The van der Waals surface area contributed by atoms with Gasteiger partial charge in [-0.05, 0) is 71.5 Å². The molecule has 1 aliphatic heterocycles. The van der Waals surface area contributed by atoms with Crippen LogP contribution in [0.4, 0.5) is 5.69 Å². The number of carbonyl (C=O) groups excluding carboxylic acids is 1. The van der Waals surface area contributed by atoms with Crippen molar-refractivity contribution < 1.29 is 9.53 Å². The highest BCUT2D eigenvalue weighted by molar-refractivity contribution is 6.35. The summed E-state index contributed by atoms with van der Waals surface area (Å²) >= 11 is 18.6. The lowest BCUT2D eigenvalue weighted by atomic mass is 9.83. The van der Waals surface area contributed by atoms with Crippen molar-refractivity contribution >= 4 is 46.4 Å². The van der Waals surface area contributed by atoms with E-state index in [-0.39, 0.29) is 12.5 Å². The van der Waals surface area contributed by atoms with E-state index in [1.54, 1.807) is 24.3 Å². The van der Waals surface area contributed by atoms with Crippen LogP contribution in [0, 0.1) is 11.3 Å². The maximum Gasteiger partial charge on any atom is 0.250 e. The van der Waals surface area contributed by atoms with Crippen molar-refractivity contribution in [3.63, 3.8) is 0 Å². The SMILES string of the molecule is N#Cc1cccc(-c2ccc(C3(OCC(=O)Nc4cc(Cl)cc(Cl)c4)CCN(Cc4ccccc4Cl)CC3)cc2)c1. The summed E-state index contributed by atoms with van der Waals surface area (Å²) in [6.45, 7) is 2.19. The van der Waals surface area contributed by atoms with Crippen molar-refractivity contribution in [2.24, 2.45) is 0 Å². The smallest absolute Gasteiger partial charge is 0.250 e. The highest BCUT2D eigenvalue weighted by Gasteiger charge is 2.38. The van der Waals surface area contributed by atoms with E-state index in [1.807, 2.05) is 54.6 Å². The first-order valence-corrected chi connectivity index (χ1v) is 14.4. The van der Waals surface area contributed by atoms with E-state index < -0.39 is 5.60 Å². The van der Waals surface area contributed by atoms with Gasteiger partial charge >= 0.3 is 0 Å². The highest BCUT2D eigenvalue weighted by atomic mass is 35.5. The Kier molecular flexibility index (Phi) is 9.29. The average molecular weight is 605 g/mol. The third kappa shape index (κ3) is 7.29. The van der Waals surface area contributed by atoms with Gasteiger partial charge in [0.05, 0.1) is 17.2 Å². The summed E-state index contributed by atoms with van der Waals surface area (Å²) in [5.41, 5.74) is 4.56. The number of piperidine rings is 1. The van der Waals surface area contributed by atoms with Crippen LogP contribution in [-0.4, -0.2) is 30.5 Å². The second kappa shape index (κ2) is 13.1. The molecule has 5 rings (SSSR count). The Morgan fingerprint density at radius 2 is 1.59 bits per heavy atom. The Morgan fingerprint density at radius 3 is 2.27 bits per heavy atom. The molecule has 41 heavy (non-hydrogen) atoms. The minimum atomic E-state index is -0.646. The van der Waals surface area contributed by atoms with E-state index in [0.717, 1.165) is 46.9 Å². The fourth-order valence-electron chi connectivity index (χ4n) is 5.22. The van der Waals surface area contributed by atoms with Crippen LogP contribution in [0.25, 0.3) is 11.1 Å². The van der Waals surface area contributed by atoms with Gasteiger partial charge in [0, 0.05) is 40.4 Å². The van der Waals surface area contributed by atoms with Gasteiger partial charge < -0.3 is 10.1 Å². The van der Waals surface area contributed by atoms with E-state index in [2.05, 4.69) is 28.4 Å². The van der Waals surface area contributed by atoms with Crippen molar-refractivity contribution in [1.29, 1.82) is 5.26 Å². The fourth-order valence-corrected chi connectivity index (χ4v) is 5.94. The van der Waals surface area contributed by atoms with Gasteiger partial charge in [-0.25, -0.2) is 0 Å². The van der Waals surface area contributed by atoms with Crippen LogP contribution in [-0.2, 0) is 21.7 Å². The second-order valence-corrected chi connectivity index (χ2v) is 11.4. The lowest BCUT2D eigenvalue weighted by Crippen LogP contribution is -2.45. The number of nitrogens with one attached hydrogen (secondary N) is 1. The molecule has 8 heteroatoms. The van der Waals surface area contributed by atoms with E-state index in [4.69, 9.17) is 39.5 Å². The number of amides is 1. The van der Waals surface area contributed by atoms with E-state index in [1.165, 1.54) is 0 Å². The van der Waals surface area contributed by atoms with Crippen LogP contribution < -0.4 is 5.32 Å². The quantitative estimate of drug-likeness (QED) is 0.220. The molecule has 5 nitrogen and oxygen atoms in total. The van der Waals surface area contributed by atoms with Crippen molar-refractivity contribution in [2.75, 3.05) is 25.0 Å². The molecule has 1 fully saturated rings. The molecular weight excluding hydrogens is 577 g/mol. The van der Waals surface area contributed by atoms with Crippen LogP contribution in [0.5, 0.6) is 0 Å². The molecule has 1 heterocycles. The molecule has 1 aliphatic rings. The Morgan fingerprint density at radius 1 is 0.878 bits per heavy atom. The number of rotatable bonds is 8. The number of nitriles is 1. The second-order valence-electron chi connectivity index (χ2n) is 10.1. The highest BCUT2D eigenvalue weighted by Crippen LogP contribution is 2.38. The number of carbonyl (C=O) groups is 1. The van der Waals surface area contributed by atoms with Gasteiger partial charge in [-0.3, -0.25) is 9.69 Å². The predicted octanol–water partition coefficient (Wildman–Crippen LogP) is 8.33. The van der Waals surface area contributed by atoms with Crippen LogP contribution in [0.2, 0.25) is 15.1 Å². The van der Waals surface area contributed by atoms with E-state index >= 15 is 0 Å². The first-order chi connectivity index (χ1) is 19.8. The summed E-state index contributed by atoms with van der Waals surface area (Å²) in [5.74, 6) is -0.286. The summed E-state index contributed by atoms with van der Waals surface area (Å²) in [6.07, 6.45) is 1.41. The Balaban J connectivity index is 1.34. The molecule has 0 spiro atoms. The van der Waals surface area contributed by atoms with Gasteiger partial charge in [0.2, 0.25) is 5.91 Å². The van der Waals surface area contributed by atoms with Crippen LogP contribution in [0.3, 0.4) is 0 Å². The monoisotopic (exact) mass is 603 g/mol. The predicted molar refractivity (Wildman–Crippen MR) is 165 cm³/mol. The molecule has 208 valence electrons. The number of anilines is 1. The number of hydrogen-bond acceptors (Lipinski definition) is 4. The summed E-state index contributed by atoms with van der Waals surface area (Å²) < 4.78 is 6.48. The minimum Gasteiger partial charge on any atom is -0.360 e. The number of halogens is 3. The molecule has 0 aromatic heterocycles. The molecule has 0 radical (unpaired) electrons. The maximum absolute atomic E-state index is 12.9. The molecule has 0 saturated carbocycles. The molecule has 1 N–H and O–H groups in total. The normalized spacial score (nSPS) is 14.8. The van der Waals surface area contributed by atoms with Crippen molar-refractivity contribution in [3.05, 3.63) is 123 Å². The standard InChI is InChI=1S/C33H28Cl3N3O2/c34-28-17-29(35)19-30(18-28)38-32(40)22-41-33(12-14-39(15-13-33)21-26-5-1-2-7-31(26)36)27-10-8-24(9-11-27)25-6-3-4-23(16-25)20-37/h1-11,16-19H,12-15,21-22H2,(H,38,40). The van der Waals surface area contributed by atoms with Crippen molar-refractivity contribution in [1.82, 2.24) is 4.90 Å². The molecule has 4 aromatic rings. The van der Waals surface area contributed by atoms with Gasteiger partial charge in [0.25, 0.3) is 0 Å². The molecule has 0 atom stereocenters. The zero-order valence-corrected chi connectivity index (χ0v) is 24.5. The van der Waals surface area contributed by atoms with E-state index in [0.29, 0.717) is 34.1 Å². The van der Waals surface area contributed by atoms with Gasteiger partial charge in [-0.2, -0.15) is 5.26 Å². The third-order valence-corrected chi connectivity index (χ3v) is 8.18. The molecular formula is C33H28Cl3N3O2. The maximum atomic E-state index is 12.9. The van der Waals surface area contributed by atoms with Crippen LogP contribution in [0.1, 0.15) is 29.5 Å². The molecule has 0 bridgehead atoms. The summed E-state index contributed by atoms with van der Waals surface area (Å²) in [5, 5.41) is 13.8. The van der Waals surface area contributed by atoms with Gasteiger partial charge in [0.15, 0.2) is 0 Å². The summed E-state index contributed by atoms with van der Waals surface area (Å²) in [4.78, 5) is 15.3. The van der Waals surface area contributed by atoms with Crippen LogP contribution >= 0.6 is 34.8 Å². The molecule has 0 aliphatic carbocycles. The number of ether oxygens (including phenoxy) is 1. The van der Waals surface area contributed by atoms with Gasteiger partial charge in [-0.15, -0.1) is 0 Å². The summed E-state index contributed by atoms with van der Waals surface area (Å²) in [6, 6.07) is 30.7. The number of likely N-dealkylation sites (tertiary alicyclic amines) is 1. The number of benzene rings is 4. The van der Waals surface area contributed by atoms with E-state index in [9.17, 15) is 10.1 Å². The molecule has 1 saturated heterocycles. The fraction of sp³-hybridized carbons (Fsp3) is 0.212. The third-order valence-electron chi connectivity index (χ3n) is 7.38. The topological polar surface area (TPSA) is 65.4 Å². The zero-order valence-electron chi connectivity index (χ0n) is 22.2. The van der Waals surface area contributed by atoms with Gasteiger partial charge in [0.1, 0.15) is 6.61 Å². The van der Waals surface area contributed by atoms with Crippen molar-refractivity contribution in [2.45, 2.75) is 25.0 Å². The Bertz CT molecular complexity index is 1560. The zero-order chi connectivity index (χ0) is 28.8. The van der Waals surface area contributed by atoms with Crippen LogP contribution in [0.15, 0.2) is 91.0 Å². The summed E-state index contributed by atoms with van der Waals surface area (Å²) in [7, 11) is 0. The molecule has 4 aromatic carbocycles. The lowest BCUT2D eigenvalue weighted by Gasteiger charge is -2.42. The van der Waals surface area contributed by atoms with Crippen molar-refractivity contribution in [3.8, 4) is 17.2 Å². The van der Waals surface area contributed by atoms with Gasteiger partial charge in [-0.1, -0.05) is 89.4 Å². The largest absolute Gasteiger partial charge is 0.360 e. The molecule has 0 unspecified atom stereocenters. The molecule has 1 amide bonds. The Labute approximate surface area is 255 Å². The number of hydrogen-bond donors (Lipinski definition) is 1. The lowest BCUT2D eigenvalue weighted by molar-refractivity contribution is -0.135.